The highest BCUT2D eigenvalue weighted by molar-refractivity contribution is 5.49. The van der Waals surface area contributed by atoms with Gasteiger partial charge in [0.25, 0.3) is 0 Å². The normalized spacial score (nSPS) is 12.2. The monoisotopic (exact) mass is 177 g/mol. The predicted molar refractivity (Wildman–Crippen MR) is 54.0 cm³/mol. The average Bonchev–Trinajstić information content (AvgIpc) is 2.46. The average molecular weight is 177 g/mol. The molecule has 0 aliphatic carbocycles. The smallest absolute Gasteiger partial charge is 0.150 e. The van der Waals surface area contributed by atoms with Gasteiger partial charge in [0, 0.05) is 7.05 Å². The topological polar surface area (TPSA) is 30.7 Å². The number of allylic oxidation sites excluding steroid dienone is 2. The van der Waals surface area contributed by atoms with E-state index in [-0.39, 0.29) is 0 Å². The molecule has 1 rings (SSSR count). The van der Waals surface area contributed by atoms with Gasteiger partial charge in [-0.3, -0.25) is 0 Å². The van der Waals surface area contributed by atoms with Gasteiger partial charge in [0.1, 0.15) is 6.33 Å². The Morgan fingerprint density at radius 2 is 2.31 bits per heavy atom. The van der Waals surface area contributed by atoms with Gasteiger partial charge in [0.05, 0.1) is 0 Å². The Balaban J connectivity index is 2.98. The van der Waals surface area contributed by atoms with E-state index in [0.29, 0.717) is 5.92 Å². The molecule has 0 saturated carbocycles. The molecule has 1 aromatic heterocycles. The van der Waals surface area contributed by atoms with Crippen molar-refractivity contribution in [1.82, 2.24) is 14.8 Å². The Morgan fingerprint density at radius 1 is 1.62 bits per heavy atom. The van der Waals surface area contributed by atoms with Crippen molar-refractivity contribution in [3.63, 3.8) is 0 Å². The molecule has 0 aromatic carbocycles. The molecule has 0 N–H and O–H groups in total. The Morgan fingerprint density at radius 3 is 2.69 bits per heavy atom. The van der Waals surface area contributed by atoms with E-state index < -0.39 is 0 Å². The van der Waals surface area contributed by atoms with Crippen molar-refractivity contribution in [2.75, 3.05) is 0 Å². The van der Waals surface area contributed by atoms with Crippen LogP contribution in [0.1, 0.15) is 19.7 Å². The summed E-state index contributed by atoms with van der Waals surface area (Å²) in [6.45, 7) is 8.02. The van der Waals surface area contributed by atoms with Gasteiger partial charge in [-0.15, -0.1) is 0 Å². The SMILES string of the molecule is C=C/C(=C\c1ncnn1C)C(C)C. The molecule has 0 saturated heterocycles. The summed E-state index contributed by atoms with van der Waals surface area (Å²) in [6.07, 6.45) is 5.41. The van der Waals surface area contributed by atoms with Gasteiger partial charge in [0.15, 0.2) is 5.82 Å². The number of hydrogen-bond acceptors (Lipinski definition) is 2. The van der Waals surface area contributed by atoms with E-state index in [1.54, 1.807) is 11.0 Å². The first kappa shape index (κ1) is 9.71. The van der Waals surface area contributed by atoms with E-state index in [2.05, 4.69) is 30.5 Å². The maximum atomic E-state index is 4.11. The molecule has 1 heterocycles. The van der Waals surface area contributed by atoms with Crippen LogP contribution in [0.4, 0.5) is 0 Å². The molecule has 3 heteroatoms. The number of aryl methyl sites for hydroxylation is 1. The molecular weight excluding hydrogens is 162 g/mol. The minimum absolute atomic E-state index is 0.467. The van der Waals surface area contributed by atoms with Gasteiger partial charge >= 0.3 is 0 Å². The number of nitrogens with zero attached hydrogens (tertiary/aromatic N) is 3. The first-order valence-corrected chi connectivity index (χ1v) is 4.33. The highest BCUT2D eigenvalue weighted by Gasteiger charge is 2.01. The fraction of sp³-hybridized carbons (Fsp3) is 0.400. The van der Waals surface area contributed by atoms with Crippen molar-refractivity contribution in [2.45, 2.75) is 13.8 Å². The maximum Gasteiger partial charge on any atom is 0.150 e. The van der Waals surface area contributed by atoms with E-state index >= 15 is 0 Å². The summed E-state index contributed by atoms with van der Waals surface area (Å²) >= 11 is 0. The Labute approximate surface area is 78.8 Å². The molecule has 0 bridgehead atoms. The summed E-state index contributed by atoms with van der Waals surface area (Å²) in [5, 5.41) is 3.99. The Bertz CT molecular complexity index is 321. The lowest BCUT2D eigenvalue weighted by atomic mass is 10.0. The summed E-state index contributed by atoms with van der Waals surface area (Å²) in [7, 11) is 1.87. The molecule has 3 nitrogen and oxygen atoms in total. The Hall–Kier alpha value is -1.38. The predicted octanol–water partition coefficient (Wildman–Crippen LogP) is 2.04. The van der Waals surface area contributed by atoms with E-state index in [4.69, 9.17) is 0 Å². The van der Waals surface area contributed by atoms with Gasteiger partial charge < -0.3 is 0 Å². The minimum atomic E-state index is 0.467. The van der Waals surface area contributed by atoms with Gasteiger partial charge in [0.2, 0.25) is 0 Å². The van der Waals surface area contributed by atoms with Crippen LogP contribution in [0.25, 0.3) is 6.08 Å². The third kappa shape index (κ3) is 2.28. The van der Waals surface area contributed by atoms with Crippen LogP contribution in [-0.4, -0.2) is 14.8 Å². The molecule has 70 valence electrons. The van der Waals surface area contributed by atoms with Crippen LogP contribution in [0.3, 0.4) is 0 Å². The third-order valence-electron chi connectivity index (χ3n) is 1.94. The number of hydrogen-bond donors (Lipinski definition) is 0. The van der Waals surface area contributed by atoms with Crippen LogP contribution in [0, 0.1) is 5.92 Å². The summed E-state index contributed by atoms with van der Waals surface area (Å²) in [5.41, 5.74) is 1.18. The van der Waals surface area contributed by atoms with Gasteiger partial charge in [-0.1, -0.05) is 26.5 Å². The highest BCUT2D eigenvalue weighted by Crippen LogP contribution is 2.13. The van der Waals surface area contributed by atoms with Crippen LogP contribution < -0.4 is 0 Å². The van der Waals surface area contributed by atoms with E-state index in [9.17, 15) is 0 Å². The largest absolute Gasteiger partial charge is 0.249 e. The first-order valence-electron chi connectivity index (χ1n) is 4.33. The fourth-order valence-corrected chi connectivity index (χ4v) is 1.05. The van der Waals surface area contributed by atoms with Gasteiger partial charge in [-0.05, 0) is 17.6 Å². The standard InChI is InChI=1S/C10H15N3/c1-5-9(8(2)3)6-10-11-7-12-13(10)4/h5-8H,1H2,2-4H3/b9-6+. The second kappa shape index (κ2) is 4.03. The fourth-order valence-electron chi connectivity index (χ4n) is 1.05. The van der Waals surface area contributed by atoms with Crippen LogP contribution in [0.15, 0.2) is 24.6 Å². The van der Waals surface area contributed by atoms with Crippen LogP contribution in [0.2, 0.25) is 0 Å². The molecule has 0 amide bonds. The van der Waals surface area contributed by atoms with Crippen LogP contribution >= 0.6 is 0 Å². The quantitative estimate of drug-likeness (QED) is 0.661. The lowest BCUT2D eigenvalue weighted by molar-refractivity contribution is 0.751. The number of aromatic nitrogens is 3. The molecule has 0 atom stereocenters. The molecule has 0 spiro atoms. The molecule has 0 aliphatic rings. The summed E-state index contributed by atoms with van der Waals surface area (Å²) in [5.74, 6) is 1.33. The van der Waals surface area contributed by atoms with Crippen molar-refractivity contribution in [3.8, 4) is 0 Å². The van der Waals surface area contributed by atoms with Gasteiger partial charge in [-0.25, -0.2) is 9.67 Å². The first-order chi connectivity index (χ1) is 6.15. The zero-order valence-corrected chi connectivity index (χ0v) is 8.36. The van der Waals surface area contributed by atoms with E-state index in [1.807, 2.05) is 19.2 Å². The zero-order valence-electron chi connectivity index (χ0n) is 8.36. The summed E-state index contributed by atoms with van der Waals surface area (Å²) in [4.78, 5) is 4.11. The van der Waals surface area contributed by atoms with Crippen molar-refractivity contribution >= 4 is 6.08 Å². The van der Waals surface area contributed by atoms with Crippen molar-refractivity contribution in [3.05, 3.63) is 30.4 Å². The van der Waals surface area contributed by atoms with Crippen molar-refractivity contribution in [1.29, 1.82) is 0 Å². The molecular formula is C10H15N3. The molecule has 0 fully saturated rings. The molecule has 1 aromatic rings. The van der Waals surface area contributed by atoms with Gasteiger partial charge in [-0.2, -0.15) is 5.10 Å². The summed E-state index contributed by atoms with van der Waals surface area (Å²) < 4.78 is 1.74. The second-order valence-electron chi connectivity index (χ2n) is 3.25. The zero-order chi connectivity index (χ0) is 9.84. The van der Waals surface area contributed by atoms with E-state index in [0.717, 1.165) is 5.82 Å². The van der Waals surface area contributed by atoms with Crippen LogP contribution in [0.5, 0.6) is 0 Å². The lowest BCUT2D eigenvalue weighted by Crippen LogP contribution is -1.96. The third-order valence-corrected chi connectivity index (χ3v) is 1.94. The minimum Gasteiger partial charge on any atom is -0.249 e. The van der Waals surface area contributed by atoms with E-state index in [1.165, 1.54) is 5.57 Å². The Kier molecular flexibility index (Phi) is 3.01. The van der Waals surface area contributed by atoms with Crippen molar-refractivity contribution < 1.29 is 0 Å². The molecule has 0 radical (unpaired) electrons. The van der Waals surface area contributed by atoms with Crippen molar-refractivity contribution in [2.24, 2.45) is 13.0 Å². The summed E-state index contributed by atoms with van der Waals surface area (Å²) in [6, 6.07) is 0. The molecule has 13 heavy (non-hydrogen) atoms. The van der Waals surface area contributed by atoms with Crippen LogP contribution in [-0.2, 0) is 7.05 Å². The maximum absolute atomic E-state index is 4.11. The lowest BCUT2D eigenvalue weighted by Gasteiger charge is -2.04. The highest BCUT2D eigenvalue weighted by atomic mass is 15.3. The number of rotatable bonds is 3. The second-order valence-corrected chi connectivity index (χ2v) is 3.25. The molecule has 0 aliphatic heterocycles. The molecule has 0 unspecified atom stereocenters.